The highest BCUT2D eigenvalue weighted by Crippen LogP contribution is 2.68. The molecule has 0 N–H and O–H groups in total. The molecule has 6 aliphatic rings. The number of nitrogens with zero attached hydrogens (tertiary/aromatic N) is 4. The summed E-state index contributed by atoms with van der Waals surface area (Å²) in [5, 5.41) is 4.99. The van der Waals surface area contributed by atoms with E-state index in [4.69, 9.17) is 0 Å². The zero-order valence-electron chi connectivity index (χ0n) is 83.0. The van der Waals surface area contributed by atoms with Crippen molar-refractivity contribution < 1.29 is 0 Å². The predicted molar refractivity (Wildman–Crippen MR) is 597 cm³/mol. The molecular formula is C136H111BN4. The van der Waals surface area contributed by atoms with E-state index in [-0.39, 0.29) is 28.4 Å². The number of fused-ring (bicyclic) bond motifs is 32. The van der Waals surface area contributed by atoms with Crippen molar-refractivity contribution in [1.82, 2.24) is 9.13 Å². The number of benzene rings is 19. The molecule has 4 nitrogen and oxygen atoms in total. The van der Waals surface area contributed by atoms with Crippen molar-refractivity contribution in [1.29, 1.82) is 0 Å². The molecule has 21 aromatic rings. The molecule has 27 rings (SSSR count). The van der Waals surface area contributed by atoms with Crippen molar-refractivity contribution in [2.24, 2.45) is 0 Å². The molecule has 2 aromatic heterocycles. The average molecular weight is 1810 g/mol. The van der Waals surface area contributed by atoms with E-state index in [0.29, 0.717) is 0 Å². The third-order valence-electron chi connectivity index (χ3n) is 32.8. The van der Waals surface area contributed by atoms with Crippen LogP contribution in [0, 0.1) is 0 Å². The molecule has 0 bridgehead atoms. The zero-order valence-corrected chi connectivity index (χ0v) is 83.0. The van der Waals surface area contributed by atoms with Gasteiger partial charge in [0.05, 0.1) is 44.3 Å². The van der Waals surface area contributed by atoms with Crippen LogP contribution in [0.1, 0.15) is 176 Å². The Balaban J connectivity index is 0.787. The summed E-state index contributed by atoms with van der Waals surface area (Å²) >= 11 is 0. The Morgan fingerprint density at radius 3 is 0.759 bits per heavy atom. The summed E-state index contributed by atoms with van der Waals surface area (Å²) in [5.74, 6) is 0. The largest absolute Gasteiger partial charge is 0.310 e. The highest BCUT2D eigenvalue weighted by atomic mass is 15.2. The van der Waals surface area contributed by atoms with Gasteiger partial charge in [-0.05, 0) is 243 Å². The fourth-order valence-corrected chi connectivity index (χ4v) is 26.1. The molecule has 2 aliphatic heterocycles. The Hall–Kier alpha value is -15.6. The molecule has 0 saturated heterocycles. The molecule has 0 radical (unpaired) electrons. The van der Waals surface area contributed by atoms with Crippen LogP contribution in [0.4, 0.5) is 34.1 Å². The quantitative estimate of drug-likeness (QED) is 0.141. The van der Waals surface area contributed by atoms with Gasteiger partial charge in [-0.1, -0.05) is 444 Å². The summed E-state index contributed by atoms with van der Waals surface area (Å²) in [6.45, 7) is 35.0. The fraction of sp³-hybridized carbons (Fsp3) is 0.162. The Morgan fingerprint density at radius 1 is 0.206 bits per heavy atom. The van der Waals surface area contributed by atoms with Gasteiger partial charge in [-0.2, -0.15) is 0 Å². The summed E-state index contributed by atoms with van der Waals surface area (Å²) in [5.41, 5.74) is 51.7. The maximum absolute atomic E-state index is 2.79. The van der Waals surface area contributed by atoms with Crippen molar-refractivity contribution in [3.63, 3.8) is 0 Å². The van der Waals surface area contributed by atoms with Gasteiger partial charge in [-0.25, -0.2) is 0 Å². The SMILES string of the molecule is CC(C)(C)c1ccc(-c2cccc(-c3ccc(C(C)(C)C)cc3)c2N2c3cc(-n4c5ccccc5c5c6c(ccc54)-c4ccccc4C64c5ccccc5-c5ccccc54)ccc3B3c4ccc(-n5c6ccccc6c6c7c(ccc65)-c5ccccc5C75c6ccccc6-c6ccccc65)cc4N(c4c(-c5ccc(C(C)(C)C)cc5)cccc4-c4ccc(C(C)(C)C)cc4)c4cc(C(C)(C)C)cc2c43)cc1. The minimum atomic E-state index is -0.605. The second kappa shape index (κ2) is 30.0. The zero-order chi connectivity index (χ0) is 95.8. The lowest BCUT2D eigenvalue weighted by atomic mass is 9.33. The lowest BCUT2D eigenvalue weighted by Gasteiger charge is -2.46. The molecular weight excluding hydrogens is 1700 g/mol. The molecule has 0 fully saturated rings. The van der Waals surface area contributed by atoms with Crippen LogP contribution < -0.4 is 26.2 Å². The first-order chi connectivity index (χ1) is 68.1. The Morgan fingerprint density at radius 2 is 0.468 bits per heavy atom. The van der Waals surface area contributed by atoms with Crippen molar-refractivity contribution in [2.75, 3.05) is 9.80 Å². The molecule has 0 unspecified atom stereocenters. The first-order valence-electron chi connectivity index (χ1n) is 50.6. The summed E-state index contributed by atoms with van der Waals surface area (Å²) in [4.78, 5) is 5.58. The van der Waals surface area contributed by atoms with Crippen molar-refractivity contribution in [2.45, 2.75) is 142 Å². The second-order valence-electron chi connectivity index (χ2n) is 45.7. The second-order valence-corrected chi connectivity index (χ2v) is 45.7. The molecule has 0 atom stereocenters. The summed E-state index contributed by atoms with van der Waals surface area (Å²) in [6, 6.07) is 158. The van der Waals surface area contributed by atoms with Crippen LogP contribution >= 0.6 is 0 Å². The maximum atomic E-state index is 2.79. The van der Waals surface area contributed by atoms with E-state index in [1.165, 1.54) is 155 Å². The lowest BCUT2D eigenvalue weighted by Crippen LogP contribution is -2.61. The fourth-order valence-electron chi connectivity index (χ4n) is 26.1. The Bertz CT molecular complexity index is 8130. The number of rotatable bonds is 8. The van der Waals surface area contributed by atoms with Gasteiger partial charge in [-0.3, -0.25) is 0 Å². The van der Waals surface area contributed by atoms with Crippen LogP contribution in [0.15, 0.2) is 400 Å². The highest BCUT2D eigenvalue weighted by molar-refractivity contribution is 7.00. The molecule has 4 aliphatic carbocycles. The van der Waals surface area contributed by atoms with Crippen LogP contribution in [0.3, 0.4) is 0 Å². The summed E-state index contributed by atoms with van der Waals surface area (Å²) in [7, 11) is 0. The molecule has 5 heteroatoms. The first-order valence-corrected chi connectivity index (χ1v) is 50.6. The van der Waals surface area contributed by atoms with Gasteiger partial charge in [0.25, 0.3) is 6.71 Å². The molecule has 0 saturated carbocycles. The van der Waals surface area contributed by atoms with Crippen LogP contribution in [-0.2, 0) is 37.9 Å². The van der Waals surface area contributed by atoms with Crippen LogP contribution in [0.2, 0.25) is 0 Å². The first kappa shape index (κ1) is 84.7. The minimum Gasteiger partial charge on any atom is -0.310 e. The van der Waals surface area contributed by atoms with E-state index in [9.17, 15) is 0 Å². The van der Waals surface area contributed by atoms with E-state index < -0.39 is 16.2 Å². The van der Waals surface area contributed by atoms with E-state index in [1.54, 1.807) is 0 Å². The number of hydrogen-bond donors (Lipinski definition) is 0. The third kappa shape index (κ3) is 12.0. The summed E-state index contributed by atoms with van der Waals surface area (Å²) in [6.07, 6.45) is 0. The molecule has 2 spiro atoms. The van der Waals surface area contributed by atoms with Gasteiger partial charge in [0, 0.05) is 77.9 Å². The number of aromatic nitrogens is 2. The number of hydrogen-bond acceptors (Lipinski definition) is 2. The number of para-hydroxylation sites is 4. The van der Waals surface area contributed by atoms with Gasteiger partial charge in [0.1, 0.15) is 0 Å². The van der Waals surface area contributed by atoms with Crippen molar-refractivity contribution >= 4 is 101 Å². The van der Waals surface area contributed by atoms with E-state index in [0.717, 1.165) is 112 Å². The highest BCUT2D eigenvalue weighted by Gasteiger charge is 2.56. The monoisotopic (exact) mass is 1810 g/mol. The molecule has 4 heterocycles. The van der Waals surface area contributed by atoms with Gasteiger partial charge in [0.2, 0.25) is 0 Å². The third-order valence-corrected chi connectivity index (χ3v) is 32.8. The molecule has 19 aromatic carbocycles. The van der Waals surface area contributed by atoms with E-state index in [2.05, 4.69) is 523 Å². The Labute approximate surface area is 828 Å². The van der Waals surface area contributed by atoms with Gasteiger partial charge in [0.15, 0.2) is 0 Å². The average Bonchev–Trinajstić information content (AvgIpc) is 1.53. The number of anilines is 6. The van der Waals surface area contributed by atoms with Crippen LogP contribution in [0.5, 0.6) is 0 Å². The molecule has 141 heavy (non-hydrogen) atoms. The van der Waals surface area contributed by atoms with Gasteiger partial charge < -0.3 is 18.9 Å². The topological polar surface area (TPSA) is 16.3 Å². The van der Waals surface area contributed by atoms with Crippen LogP contribution in [-0.4, -0.2) is 15.8 Å². The summed E-state index contributed by atoms with van der Waals surface area (Å²) < 4.78 is 5.27. The van der Waals surface area contributed by atoms with Gasteiger partial charge >= 0.3 is 0 Å². The lowest BCUT2D eigenvalue weighted by molar-refractivity contribution is 0.590. The smallest absolute Gasteiger partial charge is 0.252 e. The van der Waals surface area contributed by atoms with Crippen molar-refractivity contribution in [3.8, 4) is 100 Å². The van der Waals surface area contributed by atoms with E-state index >= 15 is 0 Å². The Kier molecular flexibility index (Phi) is 18.0. The van der Waals surface area contributed by atoms with Gasteiger partial charge in [-0.15, -0.1) is 0 Å². The standard InChI is InChI=1S/C136H111BN4/c1-130(2,3)86-62-54-82(55-63-86)93-42-32-43-94(83-56-64-87(65-57-83)131(4,5)6)128(93)140-119-80-91(138-115-52-30-22-40-105(115)123-117(138)76-72-103-101-38-20-28-50-111(101)135(125(103)123)107-46-24-16-34-97(107)98-35-17-25-47-108(98)135)70-74-113(119)137-114-75-71-92(139-116-53-31-23-41-106(116)124-118(139)77-73-104-102-39-21-29-51-112(102)136(126(104)124)109-48-26-18-36-99(109)100-37-19-27-49-110(100)136)81-120(114)141(122-79-90(134(13,14)15)78-121(140)127(122)137)129-95(84-58-66-88(67-59-84)132(7,8)9)44-33-45-96(129)85-60-68-89(69-61-85)133(10,11)12/h16-81H,1-15H3. The normalized spacial score (nSPS) is 14.3. The van der Waals surface area contributed by atoms with Crippen LogP contribution in [0.25, 0.3) is 144 Å². The van der Waals surface area contributed by atoms with Crippen molar-refractivity contribution in [3.05, 3.63) is 473 Å². The maximum Gasteiger partial charge on any atom is 0.252 e. The van der Waals surface area contributed by atoms with E-state index in [1.807, 2.05) is 0 Å². The molecule has 678 valence electrons. The minimum absolute atomic E-state index is 0.0887. The molecule has 0 amide bonds. The predicted octanol–water partition coefficient (Wildman–Crippen LogP) is 33.8.